The zero-order valence-electron chi connectivity index (χ0n) is 7.65. The monoisotopic (exact) mass is 374 g/mol. The van der Waals surface area contributed by atoms with Crippen molar-refractivity contribution < 1.29 is 5.11 Å². The van der Waals surface area contributed by atoms with Gasteiger partial charge < -0.3 is 5.11 Å². The van der Waals surface area contributed by atoms with Crippen molar-refractivity contribution in [2.45, 2.75) is 40.9 Å². The number of halogens is 3. The summed E-state index contributed by atoms with van der Waals surface area (Å²) in [5, 5.41) is 9.80. The second-order valence-electron chi connectivity index (χ2n) is 4.73. The van der Waals surface area contributed by atoms with Crippen molar-refractivity contribution >= 4 is 47.8 Å². The summed E-state index contributed by atoms with van der Waals surface area (Å²) >= 11 is 11.0. The Morgan fingerprint density at radius 2 is 1.62 bits per heavy atom. The molecule has 0 aliphatic heterocycles. The van der Waals surface area contributed by atoms with Gasteiger partial charge in [-0.1, -0.05) is 61.6 Å². The molecule has 2 aliphatic rings. The molecule has 0 radical (unpaired) electrons. The van der Waals surface area contributed by atoms with Crippen molar-refractivity contribution in [2.75, 3.05) is 0 Å². The molecule has 0 aromatic heterocycles. The van der Waals surface area contributed by atoms with Crippen molar-refractivity contribution in [1.82, 2.24) is 0 Å². The van der Waals surface area contributed by atoms with E-state index in [0.717, 1.165) is 12.8 Å². The fourth-order valence-corrected chi connectivity index (χ4v) is 5.76. The molecule has 13 heavy (non-hydrogen) atoms. The largest absolute Gasteiger partial charge is 0.392 e. The molecule has 2 fully saturated rings. The third kappa shape index (κ3) is 1.07. The molecule has 0 amide bonds. The van der Waals surface area contributed by atoms with Crippen LogP contribution in [0.25, 0.3) is 0 Å². The van der Waals surface area contributed by atoms with Gasteiger partial charge in [0.15, 0.2) is 0 Å². The van der Waals surface area contributed by atoms with Gasteiger partial charge in [0.05, 0.1) is 9.34 Å². The van der Waals surface area contributed by atoms with E-state index in [0.29, 0.717) is 0 Å². The van der Waals surface area contributed by atoms with E-state index in [-0.39, 0.29) is 25.0 Å². The van der Waals surface area contributed by atoms with Gasteiger partial charge in [-0.05, 0) is 12.8 Å². The van der Waals surface area contributed by atoms with E-state index < -0.39 is 0 Å². The first-order valence-electron chi connectivity index (χ1n) is 4.46. The highest BCUT2D eigenvalue weighted by molar-refractivity contribution is 9.25. The molecule has 0 heterocycles. The molecule has 4 heteroatoms. The molecule has 2 saturated carbocycles. The van der Waals surface area contributed by atoms with Gasteiger partial charge in [-0.3, -0.25) is 0 Å². The molecule has 1 nitrogen and oxygen atoms in total. The molecule has 2 rings (SSSR count). The normalized spacial score (nSPS) is 58.6. The van der Waals surface area contributed by atoms with E-state index in [1.54, 1.807) is 0 Å². The second kappa shape index (κ2) is 2.74. The number of rotatable bonds is 0. The van der Waals surface area contributed by atoms with E-state index in [9.17, 15) is 5.11 Å². The van der Waals surface area contributed by atoms with Crippen LogP contribution in [0.4, 0.5) is 0 Å². The minimum absolute atomic E-state index is 0.0174. The van der Waals surface area contributed by atoms with Crippen molar-refractivity contribution in [3.63, 3.8) is 0 Å². The van der Waals surface area contributed by atoms with Crippen LogP contribution in [-0.2, 0) is 0 Å². The third-order valence-corrected chi connectivity index (χ3v) is 8.61. The van der Waals surface area contributed by atoms with Gasteiger partial charge in [-0.25, -0.2) is 0 Å². The van der Waals surface area contributed by atoms with E-state index >= 15 is 0 Å². The number of hydrogen-bond donors (Lipinski definition) is 1. The molecule has 2 aliphatic carbocycles. The van der Waals surface area contributed by atoms with E-state index in [1.165, 1.54) is 0 Å². The summed E-state index contributed by atoms with van der Waals surface area (Å²) in [6, 6.07) is 0. The van der Waals surface area contributed by atoms with Gasteiger partial charge in [0.1, 0.15) is 0 Å². The zero-order valence-corrected chi connectivity index (χ0v) is 12.4. The number of fused-ring (bicyclic) bond motifs is 1. The Bertz CT molecular complexity index is 231. The molecule has 0 bridgehead atoms. The zero-order chi connectivity index (χ0) is 10.1. The average molecular weight is 377 g/mol. The molecule has 0 aromatic rings. The summed E-state index contributed by atoms with van der Waals surface area (Å²) < 4.78 is 0.0174. The fraction of sp³-hybridized carbons (Fsp3) is 1.00. The van der Waals surface area contributed by atoms with E-state index in [4.69, 9.17) is 0 Å². The smallest absolute Gasteiger partial charge is 0.0925 e. The predicted octanol–water partition coefficient (Wildman–Crippen LogP) is 3.42. The quantitative estimate of drug-likeness (QED) is 0.642. The summed E-state index contributed by atoms with van der Waals surface area (Å²) in [7, 11) is 0. The summed E-state index contributed by atoms with van der Waals surface area (Å²) in [6.45, 7) is 4.51. The van der Waals surface area contributed by atoms with Gasteiger partial charge >= 0.3 is 0 Å². The Hall–Kier alpha value is 1.40. The third-order valence-electron chi connectivity index (χ3n) is 4.18. The maximum Gasteiger partial charge on any atom is 0.0925 e. The van der Waals surface area contributed by atoms with Crippen molar-refractivity contribution in [3.8, 4) is 0 Å². The van der Waals surface area contributed by atoms with Gasteiger partial charge in [-0.15, -0.1) is 0 Å². The Morgan fingerprint density at radius 3 is 2.08 bits per heavy atom. The first kappa shape index (κ1) is 10.9. The van der Waals surface area contributed by atoms with Crippen molar-refractivity contribution in [3.05, 3.63) is 0 Å². The van der Waals surface area contributed by atoms with Gasteiger partial charge in [-0.2, -0.15) is 0 Å². The summed E-state index contributed by atoms with van der Waals surface area (Å²) in [5.74, 6) is 0. The summed E-state index contributed by atoms with van der Waals surface area (Å²) in [4.78, 5) is 0.238. The molecule has 0 spiro atoms. The standard InChI is InChI=1S/C9H13Br3O/c1-7-3-5(10)6(13)4-8(7,2)9(7,11)12/h5-6,13H,3-4H2,1-2H3/t5-,6+,7+,8-/m1/s1. The van der Waals surface area contributed by atoms with Crippen LogP contribution in [0.2, 0.25) is 0 Å². The first-order chi connectivity index (χ1) is 5.76. The summed E-state index contributed by atoms with van der Waals surface area (Å²) in [6.07, 6.45) is 1.66. The minimum Gasteiger partial charge on any atom is -0.392 e. The highest BCUT2D eigenvalue weighted by Crippen LogP contribution is 2.84. The number of hydrogen-bond acceptors (Lipinski definition) is 1. The van der Waals surface area contributed by atoms with Crippen LogP contribution in [0.5, 0.6) is 0 Å². The lowest BCUT2D eigenvalue weighted by Crippen LogP contribution is -2.33. The average Bonchev–Trinajstić information content (AvgIpc) is 2.30. The Labute approximate surface area is 104 Å². The Kier molecular flexibility index (Phi) is 2.30. The maximum absolute atomic E-state index is 9.80. The van der Waals surface area contributed by atoms with Crippen LogP contribution in [0.15, 0.2) is 0 Å². The SMILES string of the molecule is C[C@@]12C[C@H](O)[C@H](Br)C[C@]1(C)C2(Br)Br. The van der Waals surface area contributed by atoms with Crippen LogP contribution < -0.4 is 0 Å². The number of aliphatic hydroxyl groups is 1. The lowest BCUT2D eigenvalue weighted by atomic mass is 9.80. The molecule has 0 saturated heterocycles. The predicted molar refractivity (Wildman–Crippen MR) is 64.8 cm³/mol. The number of aliphatic hydroxyl groups excluding tert-OH is 1. The highest BCUT2D eigenvalue weighted by atomic mass is 79.9. The maximum atomic E-state index is 9.80. The molecular weight excluding hydrogens is 364 g/mol. The van der Waals surface area contributed by atoms with Gasteiger partial charge in [0, 0.05) is 15.7 Å². The van der Waals surface area contributed by atoms with Crippen LogP contribution in [-0.4, -0.2) is 19.3 Å². The van der Waals surface area contributed by atoms with Crippen LogP contribution in [0.3, 0.4) is 0 Å². The minimum atomic E-state index is -0.213. The topological polar surface area (TPSA) is 20.2 Å². The van der Waals surface area contributed by atoms with Gasteiger partial charge in [0.25, 0.3) is 0 Å². The Balaban J connectivity index is 2.31. The lowest BCUT2D eigenvalue weighted by Gasteiger charge is -2.31. The van der Waals surface area contributed by atoms with E-state index in [2.05, 4.69) is 61.6 Å². The van der Waals surface area contributed by atoms with Crippen LogP contribution >= 0.6 is 47.8 Å². The molecule has 1 N–H and O–H groups in total. The van der Waals surface area contributed by atoms with Crippen LogP contribution in [0, 0.1) is 10.8 Å². The highest BCUT2D eigenvalue weighted by Gasteiger charge is 2.81. The second-order valence-corrected chi connectivity index (χ2v) is 9.35. The van der Waals surface area contributed by atoms with Crippen LogP contribution in [0.1, 0.15) is 26.7 Å². The Morgan fingerprint density at radius 1 is 1.15 bits per heavy atom. The molecule has 0 aromatic carbocycles. The molecule has 76 valence electrons. The lowest BCUT2D eigenvalue weighted by molar-refractivity contribution is 0.0888. The fourth-order valence-electron chi connectivity index (χ4n) is 2.73. The molecule has 0 unspecified atom stereocenters. The van der Waals surface area contributed by atoms with Crippen molar-refractivity contribution in [2.24, 2.45) is 10.8 Å². The number of alkyl halides is 3. The van der Waals surface area contributed by atoms with Gasteiger partial charge in [0.2, 0.25) is 0 Å². The molecular formula is C9H13Br3O. The molecule has 4 atom stereocenters. The van der Waals surface area contributed by atoms with E-state index in [1.807, 2.05) is 0 Å². The summed E-state index contributed by atoms with van der Waals surface area (Å²) in [5.41, 5.74) is 0.442. The van der Waals surface area contributed by atoms with Crippen molar-refractivity contribution in [1.29, 1.82) is 0 Å². The first-order valence-corrected chi connectivity index (χ1v) is 6.96.